The molecule has 0 bridgehead atoms. The first-order valence-corrected chi connectivity index (χ1v) is 11.2. The fourth-order valence-electron chi connectivity index (χ4n) is 4.78. The van der Waals surface area contributed by atoms with Crippen molar-refractivity contribution in [3.8, 4) is 0 Å². The zero-order valence-corrected chi connectivity index (χ0v) is 18.6. The lowest BCUT2D eigenvalue weighted by molar-refractivity contribution is -0.385. The van der Waals surface area contributed by atoms with E-state index < -0.39 is 22.4 Å². The minimum atomic E-state index is -0.723. The molecule has 3 heterocycles. The molecule has 1 aromatic heterocycles. The molecule has 2 aliphatic heterocycles. The first-order chi connectivity index (χ1) is 16.3. The molecule has 1 fully saturated rings. The third-order valence-corrected chi connectivity index (χ3v) is 6.61. The predicted molar refractivity (Wildman–Crippen MR) is 122 cm³/mol. The van der Waals surface area contributed by atoms with Crippen LogP contribution in [0.25, 0.3) is 11.0 Å². The highest BCUT2D eigenvalue weighted by Crippen LogP contribution is 2.31. The fraction of sp³-hybridized carbons (Fsp3) is 0.333. The number of aromatic nitrogens is 2. The molecule has 0 saturated carbocycles. The quantitative estimate of drug-likeness (QED) is 0.353. The number of hydrogen-bond donors (Lipinski definition) is 1. The molecule has 34 heavy (non-hydrogen) atoms. The number of nitro groups is 1. The van der Waals surface area contributed by atoms with Crippen LogP contribution in [0.15, 0.2) is 36.4 Å². The molecule has 0 atom stereocenters. The summed E-state index contributed by atoms with van der Waals surface area (Å²) in [7, 11) is 0. The Labute approximate surface area is 194 Å². The largest absolute Gasteiger partial charge is 0.343 e. The molecule has 174 valence electrons. The van der Waals surface area contributed by atoms with E-state index in [1.807, 2.05) is 19.1 Å². The molecular formula is C24H23N5O5. The molecule has 1 N–H and O–H groups in total. The van der Waals surface area contributed by atoms with Crippen molar-refractivity contribution in [3.63, 3.8) is 0 Å². The van der Waals surface area contributed by atoms with Crippen LogP contribution in [0, 0.1) is 17.0 Å². The van der Waals surface area contributed by atoms with Gasteiger partial charge in [-0.25, -0.2) is 4.98 Å². The van der Waals surface area contributed by atoms with E-state index in [0.717, 1.165) is 40.2 Å². The molecule has 10 heteroatoms. The summed E-state index contributed by atoms with van der Waals surface area (Å²) in [5.41, 5.74) is 2.51. The molecule has 0 radical (unpaired) electrons. The molecule has 1 saturated heterocycles. The second kappa shape index (κ2) is 8.36. The summed E-state index contributed by atoms with van der Waals surface area (Å²) in [5, 5.41) is 11.2. The van der Waals surface area contributed by atoms with E-state index in [1.165, 1.54) is 18.2 Å². The number of piperidine rings is 1. The number of H-pyrrole nitrogens is 1. The van der Waals surface area contributed by atoms with Gasteiger partial charge in [0.25, 0.3) is 17.5 Å². The van der Waals surface area contributed by atoms with Gasteiger partial charge < -0.3 is 9.88 Å². The number of nitrogens with zero attached hydrogens (tertiary/aromatic N) is 4. The number of amides is 3. The van der Waals surface area contributed by atoms with E-state index in [1.54, 1.807) is 4.90 Å². The van der Waals surface area contributed by atoms with E-state index in [9.17, 15) is 24.5 Å². The van der Waals surface area contributed by atoms with Crippen LogP contribution in [0.2, 0.25) is 0 Å². The van der Waals surface area contributed by atoms with Crippen LogP contribution in [0.4, 0.5) is 5.69 Å². The van der Waals surface area contributed by atoms with Crippen LogP contribution in [-0.2, 0) is 4.79 Å². The molecule has 3 amide bonds. The Morgan fingerprint density at radius 1 is 1.18 bits per heavy atom. The summed E-state index contributed by atoms with van der Waals surface area (Å²) in [5.74, 6) is -0.312. The highest BCUT2D eigenvalue weighted by Gasteiger charge is 2.41. The van der Waals surface area contributed by atoms with Crippen LogP contribution in [-0.4, -0.2) is 62.0 Å². The number of aromatic amines is 1. The first kappa shape index (κ1) is 21.7. The lowest BCUT2D eigenvalue weighted by atomic mass is 9.96. The van der Waals surface area contributed by atoms with Gasteiger partial charge in [-0.1, -0.05) is 12.1 Å². The Morgan fingerprint density at radius 3 is 2.68 bits per heavy atom. The highest BCUT2D eigenvalue weighted by atomic mass is 16.6. The Morgan fingerprint density at radius 2 is 1.94 bits per heavy atom. The number of benzene rings is 2. The molecule has 0 unspecified atom stereocenters. The number of imidazole rings is 1. The topological polar surface area (TPSA) is 130 Å². The van der Waals surface area contributed by atoms with Crippen molar-refractivity contribution >= 4 is 34.4 Å². The number of carbonyl (C=O) groups excluding carboxylic acids is 3. The summed E-state index contributed by atoms with van der Waals surface area (Å²) in [4.78, 5) is 59.4. The molecule has 10 nitrogen and oxygen atoms in total. The molecule has 5 rings (SSSR count). The van der Waals surface area contributed by atoms with Crippen LogP contribution >= 0.6 is 0 Å². The van der Waals surface area contributed by atoms with Gasteiger partial charge in [-0.05, 0) is 43.5 Å². The van der Waals surface area contributed by atoms with Gasteiger partial charge in [0.2, 0.25) is 5.91 Å². The van der Waals surface area contributed by atoms with Crippen LogP contribution in [0.5, 0.6) is 0 Å². The van der Waals surface area contributed by atoms with Gasteiger partial charge in [0.05, 0.1) is 21.5 Å². The van der Waals surface area contributed by atoms with Gasteiger partial charge in [-0.3, -0.25) is 29.4 Å². The molecule has 3 aromatic rings. The van der Waals surface area contributed by atoms with E-state index in [2.05, 4.69) is 11.1 Å². The van der Waals surface area contributed by atoms with E-state index in [4.69, 9.17) is 4.98 Å². The van der Waals surface area contributed by atoms with Crippen molar-refractivity contribution in [2.75, 3.05) is 19.6 Å². The number of carbonyl (C=O) groups is 3. The molecular weight excluding hydrogens is 438 g/mol. The smallest absolute Gasteiger partial charge is 0.282 e. The van der Waals surface area contributed by atoms with Crippen molar-refractivity contribution in [3.05, 3.63) is 69.0 Å². The van der Waals surface area contributed by atoms with Crippen LogP contribution in [0.1, 0.15) is 57.3 Å². The second-order valence-corrected chi connectivity index (χ2v) is 8.77. The van der Waals surface area contributed by atoms with E-state index in [0.29, 0.717) is 13.1 Å². The predicted octanol–water partition coefficient (Wildman–Crippen LogP) is 3.17. The zero-order chi connectivity index (χ0) is 24.0. The number of imide groups is 1. The Bertz CT molecular complexity index is 1340. The zero-order valence-electron chi connectivity index (χ0n) is 18.6. The summed E-state index contributed by atoms with van der Waals surface area (Å²) >= 11 is 0. The lowest BCUT2D eigenvalue weighted by Gasteiger charge is -2.31. The van der Waals surface area contributed by atoms with Crippen molar-refractivity contribution in [1.29, 1.82) is 0 Å². The lowest BCUT2D eigenvalue weighted by Crippen LogP contribution is -2.40. The molecule has 2 aliphatic rings. The normalized spacial score (nSPS) is 16.4. The van der Waals surface area contributed by atoms with Crippen LogP contribution in [0.3, 0.4) is 0 Å². The molecule has 2 aromatic carbocycles. The number of rotatable bonds is 5. The monoisotopic (exact) mass is 461 g/mol. The first-order valence-electron chi connectivity index (χ1n) is 11.2. The van der Waals surface area contributed by atoms with Crippen molar-refractivity contribution in [2.24, 2.45) is 0 Å². The average Bonchev–Trinajstić information content (AvgIpc) is 3.36. The molecule has 0 aliphatic carbocycles. The van der Waals surface area contributed by atoms with Gasteiger partial charge in [-0.15, -0.1) is 0 Å². The Hall–Kier alpha value is -4.08. The average molecular weight is 461 g/mol. The third kappa shape index (κ3) is 3.70. The summed E-state index contributed by atoms with van der Waals surface area (Å²) in [6, 6.07) is 10.1. The summed E-state index contributed by atoms with van der Waals surface area (Å²) in [6.07, 6.45) is 1.52. The number of nitrogens with one attached hydrogen (secondary N) is 1. The van der Waals surface area contributed by atoms with Gasteiger partial charge in [0, 0.05) is 38.0 Å². The van der Waals surface area contributed by atoms with Gasteiger partial charge in [0.15, 0.2) is 0 Å². The Balaban J connectivity index is 1.19. The van der Waals surface area contributed by atoms with Crippen LogP contribution < -0.4 is 0 Å². The number of likely N-dealkylation sites (tertiary alicyclic amines) is 1. The SMILES string of the molecule is Cc1ccc2nc(C3CCN(C(=O)CCN4C(=O)c5cccc([N+](=O)[O-])c5C4=O)CC3)[nH]c2c1. The maximum absolute atomic E-state index is 12.8. The summed E-state index contributed by atoms with van der Waals surface area (Å²) < 4.78 is 0. The fourth-order valence-corrected chi connectivity index (χ4v) is 4.78. The number of nitro benzene ring substituents is 1. The number of fused-ring (bicyclic) bond motifs is 2. The summed E-state index contributed by atoms with van der Waals surface area (Å²) in [6.45, 7) is 3.05. The minimum Gasteiger partial charge on any atom is -0.343 e. The molecule has 0 spiro atoms. The van der Waals surface area contributed by atoms with Crippen molar-refractivity contribution in [1.82, 2.24) is 19.8 Å². The number of aryl methyl sites for hydroxylation is 1. The standard InChI is InChI=1S/C24H23N5O5/c1-14-5-6-17-18(13-14)26-22(25-17)15-7-10-27(11-8-15)20(30)9-12-28-23(31)16-3-2-4-19(29(33)34)21(16)24(28)32/h2-6,13,15H,7-12H2,1H3,(H,25,26). The van der Waals surface area contributed by atoms with Gasteiger partial charge >= 0.3 is 0 Å². The van der Waals surface area contributed by atoms with Crippen molar-refractivity contribution in [2.45, 2.75) is 32.1 Å². The van der Waals surface area contributed by atoms with Gasteiger partial charge in [0.1, 0.15) is 11.4 Å². The van der Waals surface area contributed by atoms with E-state index >= 15 is 0 Å². The number of hydrogen-bond acceptors (Lipinski definition) is 6. The minimum absolute atomic E-state index is 0.00786. The highest BCUT2D eigenvalue weighted by molar-refractivity contribution is 6.23. The Kier molecular flexibility index (Phi) is 5.35. The van der Waals surface area contributed by atoms with Gasteiger partial charge in [-0.2, -0.15) is 0 Å². The third-order valence-electron chi connectivity index (χ3n) is 6.61. The van der Waals surface area contributed by atoms with Crippen molar-refractivity contribution < 1.29 is 19.3 Å². The maximum Gasteiger partial charge on any atom is 0.282 e. The maximum atomic E-state index is 12.8. The second-order valence-electron chi connectivity index (χ2n) is 8.77. The van der Waals surface area contributed by atoms with E-state index in [-0.39, 0.29) is 35.9 Å².